The van der Waals surface area contributed by atoms with Gasteiger partial charge in [0.2, 0.25) is 20.9 Å². The Morgan fingerprint density at radius 1 is 1.23 bits per heavy atom. The number of alkyl halides is 3. The van der Waals surface area contributed by atoms with Crippen molar-refractivity contribution in [1.29, 1.82) is 5.26 Å². The summed E-state index contributed by atoms with van der Waals surface area (Å²) in [5.41, 5.74) is -0.549. The van der Waals surface area contributed by atoms with Crippen molar-refractivity contribution in [1.82, 2.24) is 29.2 Å². The molecule has 3 aromatic rings. The molecule has 3 aliphatic rings. The number of piperazine rings is 1. The summed E-state index contributed by atoms with van der Waals surface area (Å²) in [6.45, 7) is 5.15. The summed E-state index contributed by atoms with van der Waals surface area (Å²) in [5, 5.41) is 15.1. The quantitative estimate of drug-likeness (QED) is 0.460. The van der Waals surface area contributed by atoms with Gasteiger partial charge < -0.3 is 9.80 Å². The molecule has 11 nitrogen and oxygen atoms in total. The van der Waals surface area contributed by atoms with Crippen LogP contribution in [0.25, 0.3) is 16.3 Å². The average molecular weight is 595 g/mol. The predicted molar refractivity (Wildman–Crippen MR) is 138 cm³/mol. The van der Waals surface area contributed by atoms with Gasteiger partial charge >= 0.3 is 6.18 Å². The molecule has 3 fully saturated rings. The molecule has 3 aromatic heterocycles. The Morgan fingerprint density at radius 2 is 1.95 bits per heavy atom. The number of nitrogens with one attached hydrogen (secondary N) is 1. The van der Waals surface area contributed by atoms with Crippen molar-refractivity contribution in [3.63, 3.8) is 0 Å². The molecule has 0 radical (unpaired) electrons. The summed E-state index contributed by atoms with van der Waals surface area (Å²) in [6.07, 6.45) is 0.509. The monoisotopic (exact) mass is 594 g/mol. The molecule has 1 N–H and O–H groups in total. The number of aromatic nitrogens is 4. The van der Waals surface area contributed by atoms with Crippen molar-refractivity contribution in [3.05, 3.63) is 23.5 Å². The Kier molecular flexibility index (Phi) is 5.96. The minimum Gasteiger partial charge on any atom is -0.366 e. The number of halogens is 3. The summed E-state index contributed by atoms with van der Waals surface area (Å²) < 4.78 is 70.3. The maximum absolute atomic E-state index is 13.4. The molecule has 2 aliphatic carbocycles. The highest BCUT2D eigenvalue weighted by molar-refractivity contribution is 7.89. The molecule has 4 heterocycles. The largest absolute Gasteiger partial charge is 0.445 e. The SMILES string of the molecule is C[C@@H]1CN(c2cc(S(=O)(=O)NC3(C#N)CC3)cn3c(-c4nnc(C(F)(F)F)s4)ncc23)CCN1C(=O)C1(C)CC1. The summed E-state index contributed by atoms with van der Waals surface area (Å²) in [6, 6.07) is 3.32. The molecule has 0 aromatic carbocycles. The third kappa shape index (κ3) is 4.59. The number of carbonyl (C=O) groups excluding carboxylic acids is 1. The fourth-order valence-electron chi connectivity index (χ4n) is 4.94. The van der Waals surface area contributed by atoms with Crippen LogP contribution < -0.4 is 9.62 Å². The van der Waals surface area contributed by atoms with Gasteiger partial charge in [-0.15, -0.1) is 10.2 Å². The molecule has 1 atom stereocenters. The summed E-state index contributed by atoms with van der Waals surface area (Å²) in [7, 11) is -4.19. The van der Waals surface area contributed by atoms with E-state index in [2.05, 4.69) is 19.9 Å². The molecular weight excluding hydrogens is 569 g/mol. The number of nitriles is 1. The van der Waals surface area contributed by atoms with Crippen LogP contribution in [0.3, 0.4) is 0 Å². The van der Waals surface area contributed by atoms with E-state index >= 15 is 0 Å². The van der Waals surface area contributed by atoms with Crippen molar-refractivity contribution in [3.8, 4) is 16.9 Å². The van der Waals surface area contributed by atoms with E-state index in [0.29, 0.717) is 55.0 Å². The third-order valence-corrected chi connectivity index (χ3v) is 10.3. The van der Waals surface area contributed by atoms with Crippen molar-refractivity contribution in [2.45, 2.75) is 62.2 Å². The summed E-state index contributed by atoms with van der Waals surface area (Å²) in [4.78, 5) is 20.9. The second kappa shape index (κ2) is 8.85. The molecule has 0 spiro atoms. The fraction of sp³-hybridized carbons (Fsp3) is 0.542. The Balaban J connectivity index is 1.42. The lowest BCUT2D eigenvalue weighted by molar-refractivity contribution is -0.139. The molecule has 0 unspecified atom stereocenters. The van der Waals surface area contributed by atoms with Crippen LogP contribution in [-0.2, 0) is 21.0 Å². The van der Waals surface area contributed by atoms with Gasteiger partial charge in [0.15, 0.2) is 10.8 Å². The van der Waals surface area contributed by atoms with Gasteiger partial charge in [0.05, 0.1) is 23.5 Å². The lowest BCUT2D eigenvalue weighted by Gasteiger charge is -2.42. The molecular formula is C24H25F3N8O3S2. The van der Waals surface area contributed by atoms with Crippen molar-refractivity contribution in [2.75, 3.05) is 24.5 Å². The number of fused-ring (bicyclic) bond motifs is 1. The Bertz CT molecular complexity index is 1670. The van der Waals surface area contributed by atoms with E-state index in [0.717, 1.165) is 12.8 Å². The Morgan fingerprint density at radius 3 is 2.52 bits per heavy atom. The molecule has 2 saturated carbocycles. The zero-order valence-electron chi connectivity index (χ0n) is 21.6. The highest BCUT2D eigenvalue weighted by Gasteiger charge is 2.49. The maximum Gasteiger partial charge on any atom is 0.445 e. The predicted octanol–water partition coefficient (Wildman–Crippen LogP) is 3.04. The van der Waals surface area contributed by atoms with Crippen LogP contribution in [0.5, 0.6) is 0 Å². The number of pyridine rings is 1. The minimum atomic E-state index is -4.69. The van der Waals surface area contributed by atoms with Gasteiger partial charge in [0, 0.05) is 37.3 Å². The first kappa shape index (κ1) is 26.9. The van der Waals surface area contributed by atoms with E-state index in [1.165, 1.54) is 22.9 Å². The van der Waals surface area contributed by atoms with Crippen LogP contribution >= 0.6 is 11.3 Å². The highest BCUT2D eigenvalue weighted by Crippen LogP contribution is 2.47. The Hall–Kier alpha value is -3.29. The molecule has 40 heavy (non-hydrogen) atoms. The van der Waals surface area contributed by atoms with Gasteiger partial charge in [-0.05, 0) is 38.7 Å². The molecule has 16 heteroatoms. The van der Waals surface area contributed by atoms with Gasteiger partial charge in [-0.3, -0.25) is 9.20 Å². The van der Waals surface area contributed by atoms with Crippen molar-refractivity contribution in [2.24, 2.45) is 5.41 Å². The lowest BCUT2D eigenvalue weighted by Crippen LogP contribution is -2.55. The van der Waals surface area contributed by atoms with Gasteiger partial charge in [0.1, 0.15) is 10.4 Å². The Labute approximate surface area is 231 Å². The van der Waals surface area contributed by atoms with Crippen molar-refractivity contribution >= 4 is 38.5 Å². The molecule has 1 saturated heterocycles. The van der Waals surface area contributed by atoms with Gasteiger partial charge in [-0.2, -0.15) is 23.2 Å². The molecule has 0 bridgehead atoms. The standard InChI is InChI=1S/C24H25F3N8O3S2/c1-14-11-33(7-8-34(14)21(36)22(2)3-4-22)16-9-15(40(37,38)32-23(13-28)5-6-23)12-35-17(16)10-29-18(35)19-30-31-20(39-19)24(25,26)27/h9-10,12,14,32H,3-8,11H2,1-2H3/t14-/m1/s1. The number of rotatable bonds is 6. The number of sulfonamides is 1. The number of hydrogen-bond donors (Lipinski definition) is 1. The van der Waals surface area contributed by atoms with Crippen LogP contribution in [0.1, 0.15) is 44.5 Å². The van der Waals surface area contributed by atoms with E-state index in [9.17, 15) is 31.6 Å². The third-order valence-electron chi connectivity index (χ3n) is 7.80. The maximum atomic E-state index is 13.4. The first-order chi connectivity index (χ1) is 18.8. The fourth-order valence-corrected chi connectivity index (χ4v) is 7.04. The van der Waals surface area contributed by atoms with Gasteiger partial charge in [0.25, 0.3) is 0 Å². The second-order valence-corrected chi connectivity index (χ2v) is 13.6. The number of imidazole rings is 1. The van der Waals surface area contributed by atoms with E-state index < -0.39 is 26.7 Å². The van der Waals surface area contributed by atoms with Gasteiger partial charge in [-0.1, -0.05) is 18.3 Å². The average Bonchev–Trinajstić information content (AvgIpc) is 3.71. The zero-order chi connectivity index (χ0) is 28.7. The number of hydrogen-bond acceptors (Lipinski definition) is 9. The van der Waals surface area contributed by atoms with Gasteiger partial charge in [-0.25, -0.2) is 13.4 Å². The first-order valence-electron chi connectivity index (χ1n) is 12.7. The minimum absolute atomic E-state index is 0.00578. The smallest absolute Gasteiger partial charge is 0.366 e. The molecule has 1 amide bonds. The van der Waals surface area contributed by atoms with Crippen molar-refractivity contribution < 1.29 is 26.4 Å². The summed E-state index contributed by atoms with van der Waals surface area (Å²) >= 11 is 0.306. The lowest BCUT2D eigenvalue weighted by atomic mass is 10.0. The van der Waals surface area contributed by atoms with Crippen LogP contribution in [0, 0.1) is 16.7 Å². The first-order valence-corrected chi connectivity index (χ1v) is 15.0. The molecule has 212 valence electrons. The van der Waals surface area contributed by atoms with Crippen LogP contribution in [0.15, 0.2) is 23.4 Å². The zero-order valence-corrected chi connectivity index (χ0v) is 23.2. The normalized spacial score (nSPS) is 21.9. The number of carbonyl (C=O) groups is 1. The topological polar surface area (TPSA) is 137 Å². The summed E-state index contributed by atoms with van der Waals surface area (Å²) in [5.74, 6) is 0.117. The number of nitrogens with zero attached hydrogens (tertiary/aromatic N) is 7. The molecule has 1 aliphatic heterocycles. The van der Waals surface area contributed by atoms with E-state index in [-0.39, 0.29) is 33.1 Å². The number of amides is 1. The highest BCUT2D eigenvalue weighted by atomic mass is 32.2. The van der Waals surface area contributed by atoms with E-state index in [4.69, 9.17) is 0 Å². The molecule has 6 rings (SSSR count). The second-order valence-electron chi connectivity index (χ2n) is 11.0. The van der Waals surface area contributed by atoms with Crippen LogP contribution in [0.2, 0.25) is 0 Å². The van der Waals surface area contributed by atoms with Crippen LogP contribution in [-0.4, -0.2) is 70.0 Å². The van der Waals surface area contributed by atoms with E-state index in [1.807, 2.05) is 29.7 Å². The van der Waals surface area contributed by atoms with Crippen LogP contribution in [0.4, 0.5) is 18.9 Å². The number of anilines is 1. The van der Waals surface area contributed by atoms with E-state index in [1.54, 1.807) is 0 Å².